The molecule has 2 aromatic rings. The Kier molecular flexibility index (Phi) is 6.34. The first-order valence-corrected chi connectivity index (χ1v) is 8.52. The summed E-state index contributed by atoms with van der Waals surface area (Å²) in [6.45, 7) is 8.51. The van der Waals surface area contributed by atoms with E-state index in [-0.39, 0.29) is 17.9 Å². The van der Waals surface area contributed by atoms with Crippen LogP contribution < -0.4 is 10.2 Å². The number of hydrogen-bond donors (Lipinski definition) is 1. The van der Waals surface area contributed by atoms with E-state index in [2.05, 4.69) is 38.2 Å². The van der Waals surface area contributed by atoms with Crippen LogP contribution in [-0.2, 0) is 16.6 Å². The summed E-state index contributed by atoms with van der Waals surface area (Å²) in [7, 11) is 0. The van der Waals surface area contributed by atoms with Crippen LogP contribution in [0.5, 0.6) is 5.75 Å². The first-order valence-electron chi connectivity index (χ1n) is 8.52. The van der Waals surface area contributed by atoms with E-state index in [1.54, 1.807) is 6.21 Å². The van der Waals surface area contributed by atoms with Crippen LogP contribution in [0.3, 0.4) is 0 Å². The van der Waals surface area contributed by atoms with Crippen LogP contribution in [0, 0.1) is 0 Å². The van der Waals surface area contributed by atoms with Gasteiger partial charge in [0.2, 0.25) is 0 Å². The number of nitrogens with one attached hydrogen (secondary N) is 1. The van der Waals surface area contributed by atoms with E-state index in [0.717, 1.165) is 12.0 Å². The van der Waals surface area contributed by atoms with Gasteiger partial charge in [0.15, 0.2) is 6.61 Å². The monoisotopic (exact) mass is 338 g/mol. The molecule has 0 saturated heterocycles. The summed E-state index contributed by atoms with van der Waals surface area (Å²) >= 11 is 0. The van der Waals surface area contributed by atoms with Crippen molar-refractivity contribution < 1.29 is 9.53 Å². The predicted molar refractivity (Wildman–Crippen MR) is 102 cm³/mol. The maximum atomic E-state index is 11.8. The van der Waals surface area contributed by atoms with Gasteiger partial charge in [0.05, 0.1) is 6.21 Å². The Morgan fingerprint density at radius 3 is 2.28 bits per heavy atom. The summed E-state index contributed by atoms with van der Waals surface area (Å²) in [6, 6.07) is 15.8. The van der Waals surface area contributed by atoms with Crippen molar-refractivity contribution in [2.75, 3.05) is 6.61 Å². The van der Waals surface area contributed by atoms with E-state index in [1.165, 1.54) is 11.1 Å². The van der Waals surface area contributed by atoms with Gasteiger partial charge in [-0.05, 0) is 40.7 Å². The van der Waals surface area contributed by atoms with E-state index in [4.69, 9.17) is 4.74 Å². The van der Waals surface area contributed by atoms with Crippen molar-refractivity contribution in [3.05, 3.63) is 65.2 Å². The fraction of sp³-hybridized carbons (Fsp3) is 0.333. The largest absolute Gasteiger partial charge is 0.484 e. The highest BCUT2D eigenvalue weighted by atomic mass is 16.5. The lowest BCUT2D eigenvalue weighted by molar-refractivity contribution is -0.123. The number of aryl methyl sites for hydroxylation is 1. The van der Waals surface area contributed by atoms with Crippen LogP contribution in [-0.4, -0.2) is 18.7 Å². The summed E-state index contributed by atoms with van der Waals surface area (Å²) in [5.74, 6) is 0.378. The minimum atomic E-state index is -0.290. The van der Waals surface area contributed by atoms with E-state index in [9.17, 15) is 4.79 Å². The molecule has 0 radical (unpaired) electrons. The zero-order valence-electron chi connectivity index (χ0n) is 15.4. The Morgan fingerprint density at radius 1 is 1.08 bits per heavy atom. The molecule has 2 rings (SSSR count). The van der Waals surface area contributed by atoms with Gasteiger partial charge in [0.1, 0.15) is 5.75 Å². The molecule has 0 bridgehead atoms. The van der Waals surface area contributed by atoms with E-state index < -0.39 is 0 Å². The Morgan fingerprint density at radius 2 is 1.72 bits per heavy atom. The van der Waals surface area contributed by atoms with Gasteiger partial charge in [-0.1, -0.05) is 64.1 Å². The number of hydrazone groups is 1. The van der Waals surface area contributed by atoms with Crippen LogP contribution in [0.15, 0.2) is 53.6 Å². The molecule has 0 heterocycles. The number of rotatable bonds is 6. The van der Waals surface area contributed by atoms with Gasteiger partial charge in [0, 0.05) is 0 Å². The minimum absolute atomic E-state index is 0.0685. The number of carbonyl (C=O) groups is 1. The van der Waals surface area contributed by atoms with Gasteiger partial charge in [-0.3, -0.25) is 4.79 Å². The van der Waals surface area contributed by atoms with Crippen molar-refractivity contribution in [2.45, 2.75) is 39.5 Å². The van der Waals surface area contributed by atoms with Crippen molar-refractivity contribution in [1.82, 2.24) is 5.43 Å². The lowest BCUT2D eigenvalue weighted by Gasteiger charge is -2.19. The second-order valence-electron chi connectivity index (χ2n) is 6.95. The van der Waals surface area contributed by atoms with Gasteiger partial charge >= 0.3 is 0 Å². The number of benzene rings is 2. The minimum Gasteiger partial charge on any atom is -0.484 e. The molecule has 0 aliphatic rings. The maximum Gasteiger partial charge on any atom is 0.277 e. The average Bonchev–Trinajstić information content (AvgIpc) is 2.60. The molecule has 1 amide bonds. The second kappa shape index (κ2) is 8.47. The molecular formula is C21H26N2O2. The molecule has 4 heteroatoms. The third kappa shape index (κ3) is 6.07. The van der Waals surface area contributed by atoms with Gasteiger partial charge in [-0.25, -0.2) is 5.43 Å². The number of nitrogens with zero attached hydrogens (tertiary/aromatic N) is 1. The Bertz CT molecular complexity index is 711. The zero-order valence-corrected chi connectivity index (χ0v) is 15.4. The quantitative estimate of drug-likeness (QED) is 0.637. The molecule has 1 N–H and O–H groups in total. The van der Waals surface area contributed by atoms with Crippen LogP contribution in [0.4, 0.5) is 0 Å². The fourth-order valence-corrected chi connectivity index (χ4v) is 2.25. The van der Waals surface area contributed by atoms with Gasteiger partial charge in [-0.15, -0.1) is 0 Å². The topological polar surface area (TPSA) is 50.7 Å². The highest BCUT2D eigenvalue weighted by Gasteiger charge is 2.13. The Hall–Kier alpha value is -2.62. The van der Waals surface area contributed by atoms with Gasteiger partial charge in [0.25, 0.3) is 5.91 Å². The lowest BCUT2D eigenvalue weighted by atomic mass is 9.87. The number of hydrogen-bond acceptors (Lipinski definition) is 3. The molecule has 2 aromatic carbocycles. The molecule has 0 aliphatic heterocycles. The first kappa shape index (κ1) is 18.7. The summed E-state index contributed by atoms with van der Waals surface area (Å²) in [5, 5.41) is 3.95. The average molecular weight is 338 g/mol. The fourth-order valence-electron chi connectivity index (χ4n) is 2.25. The first-order chi connectivity index (χ1) is 11.9. The number of amides is 1. The van der Waals surface area contributed by atoms with Crippen LogP contribution in [0.1, 0.15) is 44.4 Å². The predicted octanol–water partition coefficient (Wildman–Crippen LogP) is 4.08. The Balaban J connectivity index is 1.79. The smallest absolute Gasteiger partial charge is 0.277 e. The maximum absolute atomic E-state index is 11.8. The van der Waals surface area contributed by atoms with Crippen LogP contribution in [0.2, 0.25) is 0 Å². The van der Waals surface area contributed by atoms with E-state index in [0.29, 0.717) is 5.75 Å². The van der Waals surface area contributed by atoms with Gasteiger partial charge in [-0.2, -0.15) is 5.10 Å². The molecule has 0 fully saturated rings. The SMILES string of the molecule is CCc1ccc(/C=N\NC(=O)COc2ccc(C(C)(C)C)cc2)cc1. The molecule has 0 unspecified atom stereocenters. The van der Waals surface area contributed by atoms with Crippen molar-refractivity contribution in [3.63, 3.8) is 0 Å². The van der Waals surface area contributed by atoms with E-state index in [1.807, 2.05) is 48.5 Å². The highest BCUT2D eigenvalue weighted by molar-refractivity contribution is 5.82. The molecule has 25 heavy (non-hydrogen) atoms. The molecule has 0 aliphatic carbocycles. The van der Waals surface area contributed by atoms with Gasteiger partial charge < -0.3 is 4.74 Å². The van der Waals surface area contributed by atoms with Crippen molar-refractivity contribution >= 4 is 12.1 Å². The van der Waals surface area contributed by atoms with Crippen molar-refractivity contribution in [1.29, 1.82) is 0 Å². The zero-order chi connectivity index (χ0) is 18.3. The molecule has 0 aromatic heterocycles. The third-order valence-electron chi connectivity index (χ3n) is 3.88. The molecular weight excluding hydrogens is 312 g/mol. The molecule has 0 atom stereocenters. The second-order valence-corrected chi connectivity index (χ2v) is 6.95. The highest BCUT2D eigenvalue weighted by Crippen LogP contribution is 2.24. The van der Waals surface area contributed by atoms with Crippen molar-refractivity contribution in [2.24, 2.45) is 5.10 Å². The number of ether oxygens (including phenoxy) is 1. The molecule has 0 spiro atoms. The third-order valence-corrected chi connectivity index (χ3v) is 3.88. The van der Waals surface area contributed by atoms with Crippen LogP contribution >= 0.6 is 0 Å². The normalized spacial score (nSPS) is 11.5. The molecule has 4 nitrogen and oxygen atoms in total. The summed E-state index contributed by atoms with van der Waals surface area (Å²) < 4.78 is 5.48. The summed E-state index contributed by atoms with van der Waals surface area (Å²) in [6.07, 6.45) is 2.62. The molecule has 0 saturated carbocycles. The summed E-state index contributed by atoms with van der Waals surface area (Å²) in [5.41, 5.74) is 6.00. The number of carbonyl (C=O) groups excluding carboxylic acids is 1. The van der Waals surface area contributed by atoms with Crippen LogP contribution in [0.25, 0.3) is 0 Å². The lowest BCUT2D eigenvalue weighted by Crippen LogP contribution is -2.24. The molecule has 132 valence electrons. The van der Waals surface area contributed by atoms with E-state index >= 15 is 0 Å². The summed E-state index contributed by atoms with van der Waals surface area (Å²) in [4.78, 5) is 11.8. The van der Waals surface area contributed by atoms with Crippen molar-refractivity contribution in [3.8, 4) is 5.75 Å². The Labute approximate surface area is 149 Å². The standard InChI is InChI=1S/C21H26N2O2/c1-5-16-6-8-17(9-7-16)14-22-23-20(24)15-25-19-12-10-18(11-13-19)21(2,3)4/h6-14H,5,15H2,1-4H3,(H,23,24)/b22-14-.